The Bertz CT molecular complexity index is 222. The van der Waals surface area contributed by atoms with E-state index in [-0.39, 0.29) is 0 Å². The molecule has 0 amide bonds. The zero-order chi connectivity index (χ0) is 9.10. The molecule has 0 aliphatic heterocycles. The zero-order valence-electron chi connectivity index (χ0n) is 7.86. The first kappa shape index (κ1) is 9.67. The Morgan fingerprint density at radius 3 is 2.15 bits per heavy atom. The minimum atomic E-state index is 0.729. The van der Waals surface area contributed by atoms with Crippen molar-refractivity contribution in [2.45, 2.75) is 41.9 Å². The molecule has 0 nitrogen and oxygen atoms in total. The SMILES string of the molecule is ICC12CC3CC(CC(I)(C3)C1)C2. The van der Waals surface area contributed by atoms with Crippen molar-refractivity contribution in [3.05, 3.63) is 0 Å². The third-order valence-electron chi connectivity index (χ3n) is 4.39. The van der Waals surface area contributed by atoms with E-state index in [0.717, 1.165) is 20.7 Å². The van der Waals surface area contributed by atoms with Crippen LogP contribution in [0.15, 0.2) is 0 Å². The van der Waals surface area contributed by atoms with Gasteiger partial charge in [0.1, 0.15) is 0 Å². The van der Waals surface area contributed by atoms with Crippen LogP contribution in [0.25, 0.3) is 0 Å². The highest BCUT2D eigenvalue weighted by atomic mass is 127. The van der Waals surface area contributed by atoms with Crippen LogP contribution in [0.3, 0.4) is 0 Å². The summed E-state index contributed by atoms with van der Waals surface area (Å²) in [6, 6.07) is 0. The molecule has 4 fully saturated rings. The summed E-state index contributed by atoms with van der Waals surface area (Å²) in [6.07, 6.45) is 9.33. The molecule has 4 bridgehead atoms. The summed E-state index contributed by atoms with van der Waals surface area (Å²) < 4.78 is 2.15. The van der Waals surface area contributed by atoms with E-state index in [2.05, 4.69) is 45.2 Å². The van der Waals surface area contributed by atoms with Gasteiger partial charge in [0.05, 0.1) is 0 Å². The molecule has 13 heavy (non-hydrogen) atoms. The van der Waals surface area contributed by atoms with Gasteiger partial charge < -0.3 is 0 Å². The predicted molar refractivity (Wildman–Crippen MR) is 72.8 cm³/mol. The molecule has 4 aliphatic rings. The predicted octanol–water partition coefficient (Wildman–Crippen LogP) is 4.20. The fraction of sp³-hybridized carbons (Fsp3) is 1.00. The van der Waals surface area contributed by atoms with Gasteiger partial charge in [0.25, 0.3) is 0 Å². The summed E-state index contributed by atoms with van der Waals surface area (Å²) in [4.78, 5) is 0. The number of alkyl halides is 2. The van der Waals surface area contributed by atoms with Gasteiger partial charge in [-0.3, -0.25) is 0 Å². The summed E-state index contributed by atoms with van der Waals surface area (Å²) in [7, 11) is 0. The molecular weight excluding hydrogens is 386 g/mol. The van der Waals surface area contributed by atoms with Gasteiger partial charge in [0, 0.05) is 7.85 Å². The van der Waals surface area contributed by atoms with E-state index in [1.54, 1.807) is 32.1 Å². The molecule has 0 aromatic carbocycles. The van der Waals surface area contributed by atoms with Gasteiger partial charge in [0.2, 0.25) is 0 Å². The first-order valence-corrected chi connectivity index (χ1v) is 7.98. The van der Waals surface area contributed by atoms with Gasteiger partial charge in [-0.15, -0.1) is 0 Å². The van der Waals surface area contributed by atoms with Crippen molar-refractivity contribution in [3.8, 4) is 0 Å². The Labute approximate surface area is 108 Å². The molecule has 4 rings (SSSR count). The van der Waals surface area contributed by atoms with Crippen molar-refractivity contribution >= 4 is 45.2 Å². The first-order chi connectivity index (χ1) is 6.13. The zero-order valence-corrected chi connectivity index (χ0v) is 12.2. The Morgan fingerprint density at radius 1 is 1.08 bits per heavy atom. The van der Waals surface area contributed by atoms with Crippen LogP contribution in [0.1, 0.15) is 38.5 Å². The van der Waals surface area contributed by atoms with Crippen LogP contribution < -0.4 is 0 Å². The minimum Gasteiger partial charge on any atom is -0.0858 e. The standard InChI is InChI=1S/C11H16I2/c12-7-10-2-8-1-9(3-10)5-11(13,4-8)6-10/h8-9H,1-7H2. The third-order valence-corrected chi connectivity index (χ3v) is 7.27. The van der Waals surface area contributed by atoms with Crippen LogP contribution in [0.4, 0.5) is 0 Å². The lowest BCUT2D eigenvalue weighted by molar-refractivity contribution is -0.0141. The van der Waals surface area contributed by atoms with Crippen LogP contribution in [-0.4, -0.2) is 7.85 Å². The molecule has 0 aromatic heterocycles. The molecule has 74 valence electrons. The Morgan fingerprint density at radius 2 is 1.69 bits per heavy atom. The van der Waals surface area contributed by atoms with Gasteiger partial charge in [-0.05, 0) is 55.8 Å². The van der Waals surface area contributed by atoms with Crippen LogP contribution in [0.2, 0.25) is 0 Å². The molecular formula is C11H16I2. The molecule has 4 aliphatic carbocycles. The van der Waals surface area contributed by atoms with Crippen molar-refractivity contribution in [2.24, 2.45) is 17.3 Å². The Kier molecular flexibility index (Phi) is 2.22. The Balaban J connectivity index is 1.95. The topological polar surface area (TPSA) is 0 Å². The minimum absolute atomic E-state index is 0.729. The van der Waals surface area contributed by atoms with E-state index < -0.39 is 0 Å². The number of hydrogen-bond acceptors (Lipinski definition) is 0. The van der Waals surface area contributed by atoms with Crippen LogP contribution >= 0.6 is 45.2 Å². The van der Waals surface area contributed by atoms with E-state index >= 15 is 0 Å². The molecule has 2 atom stereocenters. The molecule has 0 aromatic rings. The highest BCUT2D eigenvalue weighted by Gasteiger charge is 2.55. The quantitative estimate of drug-likeness (QED) is 0.456. The van der Waals surface area contributed by atoms with Crippen LogP contribution in [0, 0.1) is 17.3 Å². The molecule has 0 saturated heterocycles. The maximum absolute atomic E-state index is 2.80. The second kappa shape index (κ2) is 2.98. The highest BCUT2D eigenvalue weighted by molar-refractivity contribution is 14.1. The summed E-state index contributed by atoms with van der Waals surface area (Å²) in [6.45, 7) is 0. The summed E-state index contributed by atoms with van der Waals surface area (Å²) in [5, 5.41) is 0. The fourth-order valence-corrected chi connectivity index (χ4v) is 7.44. The van der Waals surface area contributed by atoms with Crippen molar-refractivity contribution in [2.75, 3.05) is 4.43 Å². The molecule has 0 radical (unpaired) electrons. The van der Waals surface area contributed by atoms with Gasteiger partial charge >= 0.3 is 0 Å². The first-order valence-electron chi connectivity index (χ1n) is 5.38. The third kappa shape index (κ3) is 1.49. The lowest BCUT2D eigenvalue weighted by atomic mass is 9.50. The normalized spacial score (nSPS) is 58.6. The van der Waals surface area contributed by atoms with Crippen LogP contribution in [0.5, 0.6) is 0 Å². The monoisotopic (exact) mass is 402 g/mol. The van der Waals surface area contributed by atoms with Gasteiger partial charge in [-0.1, -0.05) is 45.2 Å². The number of halogens is 2. The largest absolute Gasteiger partial charge is 0.0858 e. The van der Waals surface area contributed by atoms with E-state index in [1.165, 1.54) is 10.8 Å². The summed E-state index contributed by atoms with van der Waals surface area (Å²) in [5.74, 6) is 2.21. The average Bonchev–Trinajstić information content (AvgIpc) is 1.99. The van der Waals surface area contributed by atoms with E-state index in [4.69, 9.17) is 0 Å². The average molecular weight is 402 g/mol. The highest BCUT2D eigenvalue weighted by Crippen LogP contribution is 2.64. The summed E-state index contributed by atoms with van der Waals surface area (Å²) >= 11 is 5.43. The van der Waals surface area contributed by atoms with Crippen LogP contribution in [-0.2, 0) is 0 Å². The fourth-order valence-electron chi connectivity index (χ4n) is 4.49. The number of rotatable bonds is 1. The molecule has 2 heteroatoms. The maximum atomic E-state index is 2.80. The van der Waals surface area contributed by atoms with Crippen molar-refractivity contribution in [3.63, 3.8) is 0 Å². The lowest BCUT2D eigenvalue weighted by Gasteiger charge is -2.60. The second-order valence-corrected chi connectivity index (χ2v) is 8.80. The van der Waals surface area contributed by atoms with E-state index in [1.807, 2.05) is 0 Å². The lowest BCUT2D eigenvalue weighted by Crippen LogP contribution is -2.53. The smallest absolute Gasteiger partial charge is 0.0233 e. The van der Waals surface area contributed by atoms with E-state index in [9.17, 15) is 0 Å². The Hall–Kier alpha value is 1.46. The van der Waals surface area contributed by atoms with Crippen molar-refractivity contribution in [1.82, 2.24) is 0 Å². The van der Waals surface area contributed by atoms with Gasteiger partial charge in [0.15, 0.2) is 0 Å². The van der Waals surface area contributed by atoms with Gasteiger partial charge in [-0.25, -0.2) is 0 Å². The van der Waals surface area contributed by atoms with E-state index in [0.29, 0.717) is 0 Å². The van der Waals surface area contributed by atoms with Crippen molar-refractivity contribution in [1.29, 1.82) is 0 Å². The molecule has 0 spiro atoms. The molecule has 0 N–H and O–H groups in total. The molecule has 0 heterocycles. The van der Waals surface area contributed by atoms with Gasteiger partial charge in [-0.2, -0.15) is 0 Å². The van der Waals surface area contributed by atoms with Crippen molar-refractivity contribution < 1.29 is 0 Å². The summed E-state index contributed by atoms with van der Waals surface area (Å²) in [5.41, 5.74) is 0.784. The number of hydrogen-bond donors (Lipinski definition) is 0. The second-order valence-electron chi connectivity index (χ2n) is 5.75. The molecule has 4 saturated carbocycles. The maximum Gasteiger partial charge on any atom is 0.0233 e. The molecule has 2 unspecified atom stereocenters.